The number of amides is 1. The van der Waals surface area contributed by atoms with E-state index in [1.807, 2.05) is 30.5 Å². The number of rotatable bonds is 4. The van der Waals surface area contributed by atoms with Crippen LogP contribution in [0.15, 0.2) is 54.3 Å². The molecule has 128 valence electrons. The molecule has 0 aliphatic carbocycles. The number of anilines is 1. The number of carbonyl (C=O) groups excluding carboxylic acids is 1. The Hall–Kier alpha value is -3.46. The average Bonchev–Trinajstić information content (AvgIpc) is 3.32. The van der Waals surface area contributed by atoms with Gasteiger partial charge in [0.2, 0.25) is 0 Å². The molecule has 4 rings (SSSR count). The third kappa shape index (κ3) is 3.20. The van der Waals surface area contributed by atoms with Gasteiger partial charge in [-0.3, -0.25) is 20.1 Å². The maximum Gasteiger partial charge on any atom is 0.277 e. The second-order valence-electron chi connectivity index (χ2n) is 5.40. The number of aryl methyl sites for hydroxylation is 1. The summed E-state index contributed by atoms with van der Waals surface area (Å²) in [6.45, 7) is 1.92. The first kappa shape index (κ1) is 16.0. The lowest BCUT2D eigenvalue weighted by Gasteiger charge is -2.05. The summed E-state index contributed by atoms with van der Waals surface area (Å²) < 4.78 is 1.43. The lowest BCUT2D eigenvalue weighted by molar-refractivity contribution is 0.101. The summed E-state index contributed by atoms with van der Waals surface area (Å²) in [5.41, 5.74) is 3.34. The number of hydrogen-bond donors (Lipinski definition) is 1. The van der Waals surface area contributed by atoms with E-state index < -0.39 is 0 Å². The van der Waals surface area contributed by atoms with Crippen LogP contribution in [0.3, 0.4) is 0 Å². The first-order chi connectivity index (χ1) is 12.7. The van der Waals surface area contributed by atoms with Crippen LogP contribution < -0.4 is 5.32 Å². The molecule has 0 atom stereocenters. The molecule has 0 aliphatic rings. The Bertz CT molecular complexity index is 1060. The molecule has 1 N–H and O–H groups in total. The van der Waals surface area contributed by atoms with Gasteiger partial charge in [0, 0.05) is 17.3 Å². The molecule has 0 unspecified atom stereocenters. The molecule has 4 aromatic heterocycles. The van der Waals surface area contributed by atoms with Crippen molar-refractivity contribution in [2.45, 2.75) is 6.92 Å². The van der Waals surface area contributed by atoms with E-state index in [9.17, 15) is 4.79 Å². The Morgan fingerprint density at radius 1 is 1.12 bits per heavy atom. The zero-order valence-corrected chi connectivity index (χ0v) is 14.5. The third-order valence-electron chi connectivity index (χ3n) is 3.55. The van der Waals surface area contributed by atoms with Crippen molar-refractivity contribution >= 4 is 22.4 Å². The van der Waals surface area contributed by atoms with Crippen molar-refractivity contribution in [3.8, 4) is 17.1 Å². The van der Waals surface area contributed by atoms with Crippen LogP contribution in [-0.4, -0.2) is 35.9 Å². The van der Waals surface area contributed by atoms with E-state index in [1.54, 1.807) is 24.5 Å². The first-order valence-corrected chi connectivity index (χ1v) is 8.61. The lowest BCUT2D eigenvalue weighted by atomic mass is 10.3. The molecule has 26 heavy (non-hydrogen) atoms. The molecule has 1 amide bonds. The van der Waals surface area contributed by atoms with Gasteiger partial charge in [-0.05, 0) is 31.2 Å². The maximum absolute atomic E-state index is 12.6. The van der Waals surface area contributed by atoms with Crippen molar-refractivity contribution < 1.29 is 4.79 Å². The normalized spacial score (nSPS) is 10.7. The molecule has 4 heterocycles. The largest absolute Gasteiger partial charge is 0.296 e. The molecule has 8 nitrogen and oxygen atoms in total. The molecule has 0 saturated carbocycles. The second kappa shape index (κ2) is 6.81. The van der Waals surface area contributed by atoms with E-state index in [4.69, 9.17) is 0 Å². The minimum absolute atomic E-state index is 0.295. The van der Waals surface area contributed by atoms with Crippen molar-refractivity contribution in [1.29, 1.82) is 0 Å². The first-order valence-electron chi connectivity index (χ1n) is 7.73. The van der Waals surface area contributed by atoms with Crippen LogP contribution in [0.4, 0.5) is 5.13 Å². The topological polar surface area (TPSA) is 98.5 Å². The summed E-state index contributed by atoms with van der Waals surface area (Å²) >= 11 is 1.33. The van der Waals surface area contributed by atoms with Crippen LogP contribution in [0.2, 0.25) is 0 Å². The van der Waals surface area contributed by atoms with E-state index in [0.717, 1.165) is 11.4 Å². The predicted molar refractivity (Wildman–Crippen MR) is 97.2 cm³/mol. The van der Waals surface area contributed by atoms with Crippen LogP contribution >= 0.6 is 11.3 Å². The average molecular weight is 363 g/mol. The van der Waals surface area contributed by atoms with E-state index in [2.05, 4.69) is 30.6 Å². The highest BCUT2D eigenvalue weighted by molar-refractivity contribution is 7.14. The number of nitrogens with zero attached hydrogens (tertiary/aromatic N) is 6. The van der Waals surface area contributed by atoms with Crippen molar-refractivity contribution in [2.24, 2.45) is 0 Å². The Morgan fingerprint density at radius 3 is 2.85 bits per heavy atom. The Kier molecular flexibility index (Phi) is 4.20. The van der Waals surface area contributed by atoms with Gasteiger partial charge in [-0.1, -0.05) is 11.3 Å². The van der Waals surface area contributed by atoms with Crippen molar-refractivity contribution in [2.75, 3.05) is 5.32 Å². The lowest BCUT2D eigenvalue weighted by Crippen LogP contribution is -2.17. The molecule has 0 bridgehead atoms. The van der Waals surface area contributed by atoms with Gasteiger partial charge in [-0.2, -0.15) is 0 Å². The van der Waals surface area contributed by atoms with E-state index in [-0.39, 0.29) is 5.91 Å². The number of aromatic nitrogens is 6. The van der Waals surface area contributed by atoms with E-state index in [1.165, 1.54) is 22.2 Å². The molecule has 0 aromatic carbocycles. The van der Waals surface area contributed by atoms with Gasteiger partial charge in [-0.15, -0.1) is 16.4 Å². The smallest absolute Gasteiger partial charge is 0.277 e. The summed E-state index contributed by atoms with van der Waals surface area (Å²) in [4.78, 5) is 25.5. The Morgan fingerprint density at radius 2 is 2.04 bits per heavy atom. The van der Waals surface area contributed by atoms with E-state index >= 15 is 0 Å². The molecule has 4 aromatic rings. The molecule has 0 radical (unpaired) electrons. The predicted octanol–water partition coefficient (Wildman–Crippen LogP) is 2.74. The van der Waals surface area contributed by atoms with Crippen LogP contribution in [0.25, 0.3) is 17.1 Å². The molecule has 0 fully saturated rings. The Labute approximate surface area is 152 Å². The van der Waals surface area contributed by atoms with Crippen molar-refractivity contribution in [3.05, 3.63) is 65.7 Å². The van der Waals surface area contributed by atoms with Gasteiger partial charge >= 0.3 is 0 Å². The highest BCUT2D eigenvalue weighted by Gasteiger charge is 2.16. The number of carbonyl (C=O) groups is 1. The molecular weight excluding hydrogens is 350 g/mol. The molecule has 0 aliphatic heterocycles. The second-order valence-corrected chi connectivity index (χ2v) is 6.26. The zero-order valence-electron chi connectivity index (χ0n) is 13.7. The summed E-state index contributed by atoms with van der Waals surface area (Å²) in [7, 11) is 0. The number of thiazole rings is 1. The van der Waals surface area contributed by atoms with Gasteiger partial charge in [-0.25, -0.2) is 9.67 Å². The fraction of sp³-hybridized carbons (Fsp3) is 0.0588. The fourth-order valence-corrected chi connectivity index (χ4v) is 3.05. The monoisotopic (exact) mass is 363 g/mol. The quantitative estimate of drug-likeness (QED) is 0.599. The standard InChI is InChI=1S/C17H13N7OS/c1-11-4-2-6-13(20-11)14-10-26-17(21-14)22-16(25)15-9-19-23-24(15)12-5-3-7-18-8-12/h2-10H,1H3,(H,21,22,25). The molecular formula is C17H13N7OS. The van der Waals surface area contributed by atoms with Crippen LogP contribution in [0, 0.1) is 6.92 Å². The minimum atomic E-state index is -0.350. The Balaban J connectivity index is 1.56. The molecule has 0 saturated heterocycles. The van der Waals surface area contributed by atoms with Gasteiger partial charge in [0.15, 0.2) is 10.8 Å². The maximum atomic E-state index is 12.6. The van der Waals surface area contributed by atoms with Gasteiger partial charge in [0.1, 0.15) is 5.69 Å². The van der Waals surface area contributed by atoms with Gasteiger partial charge in [0.05, 0.1) is 23.8 Å². The zero-order chi connectivity index (χ0) is 17.9. The van der Waals surface area contributed by atoms with E-state index in [0.29, 0.717) is 22.2 Å². The SMILES string of the molecule is Cc1cccc(-c2csc(NC(=O)c3cnnn3-c3cccnc3)n2)n1. The summed E-state index contributed by atoms with van der Waals surface area (Å²) in [5.74, 6) is -0.350. The molecule has 9 heteroatoms. The van der Waals surface area contributed by atoms with Gasteiger partial charge in [0.25, 0.3) is 5.91 Å². The number of nitrogens with one attached hydrogen (secondary N) is 1. The highest BCUT2D eigenvalue weighted by Crippen LogP contribution is 2.24. The van der Waals surface area contributed by atoms with Crippen molar-refractivity contribution in [3.63, 3.8) is 0 Å². The number of pyridine rings is 2. The van der Waals surface area contributed by atoms with Crippen LogP contribution in [0.5, 0.6) is 0 Å². The third-order valence-corrected chi connectivity index (χ3v) is 4.31. The van der Waals surface area contributed by atoms with Crippen LogP contribution in [0.1, 0.15) is 16.2 Å². The minimum Gasteiger partial charge on any atom is -0.296 e. The fourth-order valence-electron chi connectivity index (χ4n) is 2.36. The molecule has 0 spiro atoms. The summed E-state index contributed by atoms with van der Waals surface area (Å²) in [6.07, 6.45) is 4.66. The van der Waals surface area contributed by atoms with Crippen LogP contribution in [-0.2, 0) is 0 Å². The van der Waals surface area contributed by atoms with Crippen molar-refractivity contribution in [1.82, 2.24) is 29.9 Å². The highest BCUT2D eigenvalue weighted by atomic mass is 32.1. The summed E-state index contributed by atoms with van der Waals surface area (Å²) in [5, 5.41) is 12.9. The van der Waals surface area contributed by atoms with Gasteiger partial charge < -0.3 is 0 Å². The summed E-state index contributed by atoms with van der Waals surface area (Å²) in [6, 6.07) is 9.29. The number of hydrogen-bond acceptors (Lipinski definition) is 7.